The van der Waals surface area contributed by atoms with Crippen molar-refractivity contribution >= 4 is 23.5 Å². The Hall–Kier alpha value is -1.90. The Labute approximate surface area is 168 Å². The van der Waals surface area contributed by atoms with Crippen LogP contribution in [0, 0.1) is 11.8 Å². The van der Waals surface area contributed by atoms with Gasteiger partial charge in [-0.1, -0.05) is 81.8 Å². The summed E-state index contributed by atoms with van der Waals surface area (Å²) < 4.78 is 0. The average molecular weight is 384 g/mol. The van der Waals surface area contributed by atoms with Crippen molar-refractivity contribution in [2.75, 3.05) is 19.6 Å². The number of rotatable bonds is 9. The van der Waals surface area contributed by atoms with Gasteiger partial charge in [0.15, 0.2) is 5.78 Å². The molecule has 0 radical (unpaired) electrons. The Balaban J connectivity index is 2.35. The van der Waals surface area contributed by atoms with Crippen LogP contribution < -0.4 is 0 Å². The number of Topliss-reactive ketones (excluding diaryl/α,β-unsaturated/α-hetero) is 1. The lowest BCUT2D eigenvalue weighted by Crippen LogP contribution is -2.34. The highest BCUT2D eigenvalue weighted by atomic mass is 35.5. The number of carbonyl (C=O) groups excluding carboxylic acids is 1. The van der Waals surface area contributed by atoms with Gasteiger partial charge in [0.05, 0.1) is 0 Å². The molecule has 0 heterocycles. The van der Waals surface area contributed by atoms with E-state index in [4.69, 9.17) is 11.6 Å². The molecule has 0 aliphatic carbocycles. The van der Waals surface area contributed by atoms with Gasteiger partial charge in [0.2, 0.25) is 0 Å². The van der Waals surface area contributed by atoms with Crippen molar-refractivity contribution in [3.05, 3.63) is 76.3 Å². The fourth-order valence-corrected chi connectivity index (χ4v) is 3.32. The largest absolute Gasteiger partial charge is 0.298 e. The summed E-state index contributed by atoms with van der Waals surface area (Å²) in [7, 11) is 0. The number of ketones is 1. The van der Waals surface area contributed by atoms with Crippen LogP contribution >= 0.6 is 11.6 Å². The van der Waals surface area contributed by atoms with Crippen LogP contribution in [0.25, 0.3) is 6.08 Å². The maximum atomic E-state index is 13.2. The molecule has 0 atom stereocenters. The van der Waals surface area contributed by atoms with Crippen LogP contribution in [0.15, 0.2) is 60.2 Å². The second kappa shape index (κ2) is 10.4. The molecular weight excluding hydrogens is 354 g/mol. The van der Waals surface area contributed by atoms with Crippen molar-refractivity contribution in [2.45, 2.75) is 27.7 Å². The van der Waals surface area contributed by atoms with E-state index in [1.54, 1.807) is 0 Å². The van der Waals surface area contributed by atoms with Crippen LogP contribution in [-0.2, 0) is 0 Å². The monoisotopic (exact) mass is 383 g/mol. The van der Waals surface area contributed by atoms with Gasteiger partial charge < -0.3 is 0 Å². The molecule has 2 aromatic rings. The fourth-order valence-electron chi connectivity index (χ4n) is 3.20. The van der Waals surface area contributed by atoms with E-state index in [0.717, 1.165) is 29.8 Å². The van der Waals surface area contributed by atoms with Gasteiger partial charge in [-0.25, -0.2) is 0 Å². The molecule has 3 heteroatoms. The minimum absolute atomic E-state index is 0.0862. The zero-order valence-corrected chi connectivity index (χ0v) is 17.5. The van der Waals surface area contributed by atoms with Crippen molar-refractivity contribution < 1.29 is 4.79 Å². The Morgan fingerprint density at radius 2 is 1.48 bits per heavy atom. The quantitative estimate of drug-likeness (QED) is 0.378. The maximum Gasteiger partial charge on any atom is 0.190 e. The maximum absolute atomic E-state index is 13.2. The summed E-state index contributed by atoms with van der Waals surface area (Å²) in [4.78, 5) is 15.6. The first-order valence-electron chi connectivity index (χ1n) is 9.63. The van der Waals surface area contributed by atoms with E-state index in [9.17, 15) is 4.79 Å². The summed E-state index contributed by atoms with van der Waals surface area (Å²) in [6.45, 7) is 11.5. The third kappa shape index (κ3) is 7.32. The molecule has 0 saturated heterocycles. The molecule has 2 aromatic carbocycles. The Bertz CT molecular complexity index is 738. The van der Waals surface area contributed by atoms with Gasteiger partial charge in [-0.05, 0) is 35.6 Å². The molecule has 2 rings (SSSR count). The Morgan fingerprint density at radius 1 is 0.926 bits per heavy atom. The molecule has 0 fully saturated rings. The van der Waals surface area contributed by atoms with Crippen molar-refractivity contribution in [1.82, 2.24) is 4.90 Å². The second-order valence-corrected chi connectivity index (χ2v) is 8.33. The van der Waals surface area contributed by atoms with Crippen LogP contribution in [0.2, 0.25) is 5.02 Å². The lowest BCUT2D eigenvalue weighted by molar-refractivity contribution is 0.102. The van der Waals surface area contributed by atoms with E-state index in [0.29, 0.717) is 23.4 Å². The summed E-state index contributed by atoms with van der Waals surface area (Å²) in [5, 5.41) is 0.698. The smallest absolute Gasteiger partial charge is 0.190 e. The number of hydrogen-bond acceptors (Lipinski definition) is 2. The van der Waals surface area contributed by atoms with E-state index >= 15 is 0 Å². The van der Waals surface area contributed by atoms with E-state index < -0.39 is 0 Å². The van der Waals surface area contributed by atoms with Gasteiger partial charge in [0.25, 0.3) is 0 Å². The molecule has 2 nitrogen and oxygen atoms in total. The highest BCUT2D eigenvalue weighted by Gasteiger charge is 2.18. The molecule has 27 heavy (non-hydrogen) atoms. The van der Waals surface area contributed by atoms with Crippen molar-refractivity contribution in [3.63, 3.8) is 0 Å². The molecule has 0 saturated carbocycles. The summed E-state index contributed by atoms with van der Waals surface area (Å²) in [5.74, 6) is 1.18. The number of hydrogen-bond donors (Lipinski definition) is 0. The van der Waals surface area contributed by atoms with Crippen LogP contribution in [0.1, 0.15) is 43.6 Å². The number of nitrogens with zero attached hydrogens (tertiary/aromatic N) is 1. The van der Waals surface area contributed by atoms with Crippen LogP contribution in [0.5, 0.6) is 0 Å². The summed E-state index contributed by atoms with van der Waals surface area (Å²) in [6, 6.07) is 17.1. The molecular formula is C24H30ClNO. The number of benzene rings is 2. The molecule has 144 valence electrons. The summed E-state index contributed by atoms with van der Waals surface area (Å²) >= 11 is 6.01. The normalized spacial score (nSPS) is 12.2. The molecule has 0 aliphatic rings. The van der Waals surface area contributed by atoms with Gasteiger partial charge in [0.1, 0.15) is 0 Å². The average Bonchev–Trinajstić information content (AvgIpc) is 2.62. The lowest BCUT2D eigenvalue weighted by Gasteiger charge is -2.27. The standard InChI is InChI=1S/C24H30ClNO/c1-18(2)15-26(16-19(3)4)17-22(14-20-10-12-23(25)13-11-20)24(27)21-8-6-5-7-9-21/h5-14,18-19H,15-17H2,1-4H3/b22-14+. The third-order valence-corrected chi connectivity index (χ3v) is 4.43. The molecule has 0 unspecified atom stereocenters. The molecule has 0 spiro atoms. The van der Waals surface area contributed by atoms with Gasteiger partial charge in [-0.3, -0.25) is 9.69 Å². The SMILES string of the molecule is CC(C)CN(C/C(=C\c1ccc(Cl)cc1)C(=O)c1ccccc1)CC(C)C. The minimum atomic E-state index is 0.0862. The number of halogens is 1. The fraction of sp³-hybridized carbons (Fsp3) is 0.375. The highest BCUT2D eigenvalue weighted by molar-refractivity contribution is 6.30. The lowest BCUT2D eigenvalue weighted by atomic mass is 9.99. The third-order valence-electron chi connectivity index (χ3n) is 4.18. The summed E-state index contributed by atoms with van der Waals surface area (Å²) in [6.07, 6.45) is 2.00. The van der Waals surface area contributed by atoms with Gasteiger partial charge in [-0.15, -0.1) is 0 Å². The van der Waals surface area contributed by atoms with Crippen LogP contribution in [0.4, 0.5) is 0 Å². The first kappa shape index (κ1) is 21.4. The van der Waals surface area contributed by atoms with E-state index in [1.165, 1.54) is 0 Å². The van der Waals surface area contributed by atoms with Crippen LogP contribution in [0.3, 0.4) is 0 Å². The summed E-state index contributed by atoms with van der Waals surface area (Å²) in [5.41, 5.74) is 2.53. The minimum Gasteiger partial charge on any atom is -0.298 e. The highest BCUT2D eigenvalue weighted by Crippen LogP contribution is 2.18. The molecule has 0 aliphatic heterocycles. The number of carbonyl (C=O) groups is 1. The second-order valence-electron chi connectivity index (χ2n) is 7.90. The van der Waals surface area contributed by atoms with E-state index in [-0.39, 0.29) is 5.78 Å². The van der Waals surface area contributed by atoms with Crippen molar-refractivity contribution in [2.24, 2.45) is 11.8 Å². The van der Waals surface area contributed by atoms with Crippen molar-refractivity contribution in [3.8, 4) is 0 Å². The predicted octanol–water partition coefficient (Wildman–Crippen LogP) is 6.22. The molecule has 0 amide bonds. The molecule has 0 bridgehead atoms. The van der Waals surface area contributed by atoms with E-state index in [2.05, 4.69) is 32.6 Å². The molecule has 0 N–H and O–H groups in total. The first-order chi connectivity index (χ1) is 12.8. The van der Waals surface area contributed by atoms with Crippen LogP contribution in [-0.4, -0.2) is 30.3 Å². The van der Waals surface area contributed by atoms with Crippen molar-refractivity contribution in [1.29, 1.82) is 0 Å². The zero-order chi connectivity index (χ0) is 19.8. The predicted molar refractivity (Wildman–Crippen MR) is 116 cm³/mol. The van der Waals surface area contributed by atoms with Gasteiger partial charge >= 0.3 is 0 Å². The topological polar surface area (TPSA) is 20.3 Å². The van der Waals surface area contributed by atoms with E-state index in [1.807, 2.05) is 60.7 Å². The molecule has 0 aromatic heterocycles. The van der Waals surface area contributed by atoms with Gasteiger partial charge in [-0.2, -0.15) is 0 Å². The van der Waals surface area contributed by atoms with Gasteiger partial charge in [0, 0.05) is 35.8 Å². The first-order valence-corrected chi connectivity index (χ1v) is 10.0. The Kier molecular flexibility index (Phi) is 8.27. The zero-order valence-electron chi connectivity index (χ0n) is 16.8. The Morgan fingerprint density at radius 3 is 2.00 bits per heavy atom.